The van der Waals surface area contributed by atoms with Crippen molar-refractivity contribution >= 4 is 16.4 Å². The summed E-state index contributed by atoms with van der Waals surface area (Å²) < 4.78 is 34.1. The molecule has 7 heteroatoms. The summed E-state index contributed by atoms with van der Waals surface area (Å²) in [6, 6.07) is 0. The highest BCUT2D eigenvalue weighted by atomic mass is 32.3. The van der Waals surface area contributed by atoms with Crippen LogP contribution in [-0.4, -0.2) is 23.5 Å². The zero-order chi connectivity index (χ0) is 9.49. The van der Waals surface area contributed by atoms with Gasteiger partial charge in [-0.3, -0.25) is 8.42 Å². The van der Waals surface area contributed by atoms with Gasteiger partial charge >= 0.3 is 0 Å². The molecule has 0 aliphatic heterocycles. The molecule has 11 heavy (non-hydrogen) atoms. The number of carboxylic acid groups (broad SMARTS) is 1. The minimum Gasteiger partial charge on any atom is -0.759 e. The van der Waals surface area contributed by atoms with E-state index in [0.717, 1.165) is 0 Å². The van der Waals surface area contributed by atoms with Crippen molar-refractivity contribution in [2.75, 3.05) is 0 Å². The number of rotatable bonds is 2. The number of aliphatic carboxylic acids is 1. The summed E-state index contributed by atoms with van der Waals surface area (Å²) >= 11 is 0. The third-order valence-electron chi connectivity index (χ3n) is 0.454. The standard InChI is InChI=1S/C4H8O2.H2O4S/c1-2-3-4(5)6;1-5(2,3)4/h2-3H2,1H3,(H,5,6);(H2,1,2,3,4)/p-3. The van der Waals surface area contributed by atoms with Crippen molar-refractivity contribution in [2.24, 2.45) is 0 Å². The predicted molar refractivity (Wildman–Crippen MR) is 30.4 cm³/mol. The van der Waals surface area contributed by atoms with E-state index in [9.17, 15) is 9.90 Å². The molecule has 0 aromatic heterocycles. The summed E-state index contributed by atoms with van der Waals surface area (Å²) in [5.41, 5.74) is 0. The maximum atomic E-state index is 9.49. The molecule has 0 bridgehead atoms. The van der Waals surface area contributed by atoms with Crippen molar-refractivity contribution in [1.29, 1.82) is 0 Å². The van der Waals surface area contributed by atoms with Crippen LogP contribution in [0.5, 0.6) is 0 Å². The molecular weight excluding hydrogens is 176 g/mol. The Morgan fingerprint density at radius 3 is 1.64 bits per heavy atom. The maximum absolute atomic E-state index is 9.49. The molecule has 0 rings (SSSR count). The van der Waals surface area contributed by atoms with E-state index in [0.29, 0.717) is 6.42 Å². The monoisotopic (exact) mass is 183 g/mol. The van der Waals surface area contributed by atoms with E-state index in [4.69, 9.17) is 17.5 Å². The Kier molecular flexibility index (Phi) is 7.16. The molecule has 6 nitrogen and oxygen atoms in total. The second-order valence-electron chi connectivity index (χ2n) is 1.53. The van der Waals surface area contributed by atoms with Gasteiger partial charge in [0.05, 0.1) is 0 Å². The molecule has 0 heterocycles. The number of carbonyl (C=O) groups excluding carboxylic acids is 1. The SMILES string of the molecule is CCCC(=O)[O-].O=S(=O)([O-])[O-]. The fourth-order valence-corrected chi connectivity index (χ4v) is 0.204. The van der Waals surface area contributed by atoms with Crippen LogP contribution in [0.4, 0.5) is 0 Å². The summed E-state index contributed by atoms with van der Waals surface area (Å²) in [6.45, 7) is 1.80. The second-order valence-corrected chi connectivity index (χ2v) is 2.35. The molecule has 0 aliphatic rings. The van der Waals surface area contributed by atoms with Gasteiger partial charge in [-0.2, -0.15) is 0 Å². The number of hydrogen-bond acceptors (Lipinski definition) is 6. The third-order valence-corrected chi connectivity index (χ3v) is 0.454. The van der Waals surface area contributed by atoms with Gasteiger partial charge in [0.25, 0.3) is 0 Å². The third kappa shape index (κ3) is 91.9. The van der Waals surface area contributed by atoms with Gasteiger partial charge in [0.15, 0.2) is 0 Å². The van der Waals surface area contributed by atoms with Gasteiger partial charge in [-0.25, -0.2) is 0 Å². The summed E-state index contributed by atoms with van der Waals surface area (Å²) in [4.78, 5) is 9.49. The van der Waals surface area contributed by atoms with Crippen molar-refractivity contribution < 1.29 is 27.4 Å². The van der Waals surface area contributed by atoms with Crippen molar-refractivity contribution in [3.63, 3.8) is 0 Å². The summed E-state index contributed by atoms with van der Waals surface area (Å²) in [5, 5.41) is 9.49. The summed E-state index contributed by atoms with van der Waals surface area (Å²) in [7, 11) is -5.17. The van der Waals surface area contributed by atoms with E-state index >= 15 is 0 Å². The van der Waals surface area contributed by atoms with Crippen molar-refractivity contribution in [2.45, 2.75) is 19.8 Å². The van der Waals surface area contributed by atoms with Gasteiger partial charge in [0.1, 0.15) is 0 Å². The molecule has 0 fully saturated rings. The van der Waals surface area contributed by atoms with Gasteiger partial charge in [0.2, 0.25) is 0 Å². The first-order valence-electron chi connectivity index (χ1n) is 2.64. The zero-order valence-corrected chi connectivity index (χ0v) is 6.59. The Labute approximate surface area is 64.4 Å². The van der Waals surface area contributed by atoms with Gasteiger partial charge < -0.3 is 19.0 Å². The van der Waals surface area contributed by atoms with Crippen LogP contribution in [0.15, 0.2) is 0 Å². The first-order valence-corrected chi connectivity index (χ1v) is 3.97. The fraction of sp³-hybridized carbons (Fsp3) is 0.750. The molecule has 0 saturated carbocycles. The van der Waals surface area contributed by atoms with E-state index in [2.05, 4.69) is 0 Å². The van der Waals surface area contributed by atoms with Gasteiger partial charge in [0, 0.05) is 16.4 Å². The molecule has 0 spiro atoms. The number of hydrogen-bond donors (Lipinski definition) is 0. The van der Waals surface area contributed by atoms with Crippen LogP contribution in [0.2, 0.25) is 0 Å². The minimum atomic E-state index is -5.17. The molecule has 0 radical (unpaired) electrons. The van der Waals surface area contributed by atoms with Crippen LogP contribution in [0.25, 0.3) is 0 Å². The maximum Gasteiger partial charge on any atom is 0.0414 e. The number of carbonyl (C=O) groups is 1. The van der Waals surface area contributed by atoms with Crippen LogP contribution < -0.4 is 5.11 Å². The largest absolute Gasteiger partial charge is 0.759 e. The van der Waals surface area contributed by atoms with Crippen LogP contribution >= 0.6 is 0 Å². The molecule has 0 amide bonds. The molecule has 0 atom stereocenters. The highest BCUT2D eigenvalue weighted by Crippen LogP contribution is 1.79. The van der Waals surface area contributed by atoms with E-state index < -0.39 is 16.4 Å². The van der Waals surface area contributed by atoms with Crippen LogP contribution in [0, 0.1) is 0 Å². The Morgan fingerprint density at radius 1 is 1.36 bits per heavy atom. The Hall–Kier alpha value is -0.660. The van der Waals surface area contributed by atoms with Crippen molar-refractivity contribution in [1.82, 2.24) is 0 Å². The van der Waals surface area contributed by atoms with E-state index in [1.807, 2.05) is 0 Å². The van der Waals surface area contributed by atoms with E-state index in [-0.39, 0.29) is 6.42 Å². The molecule has 0 aromatic carbocycles. The normalized spacial score (nSPS) is 9.73. The quantitative estimate of drug-likeness (QED) is 0.367. The predicted octanol–water partition coefficient (Wildman–Crippen LogP) is -1.80. The van der Waals surface area contributed by atoms with Gasteiger partial charge in [-0.05, 0) is 6.42 Å². The lowest BCUT2D eigenvalue weighted by Gasteiger charge is -2.06. The van der Waals surface area contributed by atoms with Crippen molar-refractivity contribution in [3.05, 3.63) is 0 Å². The minimum absolute atomic E-state index is 0.181. The van der Waals surface area contributed by atoms with E-state index in [1.165, 1.54) is 0 Å². The average Bonchev–Trinajstić information content (AvgIpc) is 1.58. The second kappa shape index (κ2) is 6.08. The zero-order valence-electron chi connectivity index (χ0n) is 5.77. The molecular formula is C4H7O6S-3. The van der Waals surface area contributed by atoms with Crippen LogP contribution in [0.3, 0.4) is 0 Å². The van der Waals surface area contributed by atoms with Crippen LogP contribution in [0.1, 0.15) is 19.8 Å². The first kappa shape index (κ1) is 13.0. The van der Waals surface area contributed by atoms with Crippen molar-refractivity contribution in [3.8, 4) is 0 Å². The molecule has 0 N–H and O–H groups in total. The first-order chi connectivity index (χ1) is 4.77. The molecule has 68 valence electrons. The lowest BCUT2D eigenvalue weighted by atomic mass is 10.4. The summed E-state index contributed by atoms with van der Waals surface area (Å²) in [6.07, 6.45) is 0.850. The van der Waals surface area contributed by atoms with Crippen LogP contribution in [-0.2, 0) is 15.2 Å². The topological polar surface area (TPSA) is 120 Å². The average molecular weight is 183 g/mol. The smallest absolute Gasteiger partial charge is 0.0414 e. The summed E-state index contributed by atoms with van der Waals surface area (Å²) in [5.74, 6) is -0.961. The Balaban J connectivity index is 0. The molecule has 0 saturated heterocycles. The number of carboxylic acids is 1. The molecule has 0 unspecified atom stereocenters. The van der Waals surface area contributed by atoms with E-state index in [1.54, 1.807) is 6.92 Å². The lowest BCUT2D eigenvalue weighted by Crippen LogP contribution is -2.20. The Morgan fingerprint density at radius 2 is 1.64 bits per heavy atom. The Bertz CT molecular complexity index is 185. The highest BCUT2D eigenvalue weighted by Gasteiger charge is 1.75. The molecule has 0 aliphatic carbocycles. The molecule has 0 aromatic rings. The lowest BCUT2D eigenvalue weighted by molar-refractivity contribution is -0.305. The fourth-order valence-electron chi connectivity index (χ4n) is 0.204. The van der Waals surface area contributed by atoms with Gasteiger partial charge in [-0.1, -0.05) is 13.3 Å². The van der Waals surface area contributed by atoms with Gasteiger partial charge in [-0.15, -0.1) is 0 Å². The highest BCUT2D eigenvalue weighted by molar-refractivity contribution is 7.79.